The van der Waals surface area contributed by atoms with Crippen LogP contribution in [0.15, 0.2) is 48.5 Å². The molecule has 0 radical (unpaired) electrons. The van der Waals surface area contributed by atoms with Crippen molar-refractivity contribution in [1.82, 2.24) is 4.98 Å². The van der Waals surface area contributed by atoms with Crippen molar-refractivity contribution in [3.8, 4) is 0 Å². The molecule has 0 atom stereocenters. The van der Waals surface area contributed by atoms with Crippen LogP contribution < -0.4 is 10.2 Å². The molecular weight excluding hydrogens is 373 g/mol. The number of amides is 2. The summed E-state index contributed by atoms with van der Waals surface area (Å²) in [4.78, 5) is 29.7. The van der Waals surface area contributed by atoms with Crippen molar-refractivity contribution in [2.24, 2.45) is 0 Å². The standard InChI is InChI=1S/C19H13ClFN3O3/c20-17-15(9-11-1-2-12(21)10-16(11)23-17)18(25)22-13-3-5-14(6-4-13)24-7-8-27-19(24)26/h1-6,9-10H,7-8H2,(H,22,25). The van der Waals surface area contributed by atoms with Gasteiger partial charge in [-0.15, -0.1) is 0 Å². The Balaban J connectivity index is 1.55. The van der Waals surface area contributed by atoms with E-state index in [0.29, 0.717) is 35.4 Å². The Hall–Kier alpha value is -3.19. The maximum Gasteiger partial charge on any atom is 0.414 e. The van der Waals surface area contributed by atoms with E-state index in [1.807, 2.05) is 0 Å². The summed E-state index contributed by atoms with van der Waals surface area (Å²) in [6, 6.07) is 12.4. The second kappa shape index (κ2) is 6.85. The molecule has 2 amide bonds. The molecule has 136 valence electrons. The highest BCUT2D eigenvalue weighted by Gasteiger charge is 2.23. The number of anilines is 2. The molecule has 27 heavy (non-hydrogen) atoms. The predicted octanol–water partition coefficient (Wildman–Crippen LogP) is 4.24. The first-order chi connectivity index (χ1) is 13.0. The van der Waals surface area contributed by atoms with Gasteiger partial charge in [0.15, 0.2) is 0 Å². The van der Waals surface area contributed by atoms with Crippen LogP contribution in [0.2, 0.25) is 5.15 Å². The minimum atomic E-state index is -0.438. The molecule has 0 saturated carbocycles. The van der Waals surface area contributed by atoms with Gasteiger partial charge in [0, 0.05) is 22.8 Å². The van der Waals surface area contributed by atoms with E-state index in [0.717, 1.165) is 0 Å². The Morgan fingerprint density at radius 1 is 1.19 bits per heavy atom. The molecule has 1 fully saturated rings. The molecule has 1 saturated heterocycles. The van der Waals surface area contributed by atoms with Crippen LogP contribution in [-0.2, 0) is 4.74 Å². The fraction of sp³-hybridized carbons (Fsp3) is 0.105. The fourth-order valence-electron chi connectivity index (χ4n) is 2.83. The summed E-state index contributed by atoms with van der Waals surface area (Å²) in [5, 5.41) is 3.33. The fourth-order valence-corrected chi connectivity index (χ4v) is 3.06. The van der Waals surface area contributed by atoms with E-state index in [-0.39, 0.29) is 10.7 Å². The lowest BCUT2D eigenvalue weighted by Gasteiger charge is -2.13. The number of nitrogens with zero attached hydrogens (tertiary/aromatic N) is 2. The number of cyclic esters (lactones) is 1. The molecule has 8 heteroatoms. The number of hydrogen-bond acceptors (Lipinski definition) is 4. The third kappa shape index (κ3) is 3.41. The topological polar surface area (TPSA) is 71.5 Å². The quantitative estimate of drug-likeness (QED) is 0.685. The van der Waals surface area contributed by atoms with Crippen LogP contribution in [-0.4, -0.2) is 30.1 Å². The van der Waals surface area contributed by atoms with E-state index < -0.39 is 17.8 Å². The number of benzene rings is 2. The van der Waals surface area contributed by atoms with Gasteiger partial charge in [0.25, 0.3) is 5.91 Å². The summed E-state index contributed by atoms with van der Waals surface area (Å²) in [5.41, 5.74) is 1.77. The number of hydrogen-bond donors (Lipinski definition) is 1. The SMILES string of the molecule is O=C(Nc1ccc(N2CCOC2=O)cc1)c1cc2ccc(F)cc2nc1Cl. The molecule has 4 rings (SSSR count). The molecule has 0 spiro atoms. The Morgan fingerprint density at radius 3 is 2.67 bits per heavy atom. The maximum absolute atomic E-state index is 13.3. The highest BCUT2D eigenvalue weighted by molar-refractivity contribution is 6.33. The van der Waals surface area contributed by atoms with Gasteiger partial charge >= 0.3 is 6.09 Å². The number of halogens is 2. The van der Waals surface area contributed by atoms with Crippen LogP contribution in [0.5, 0.6) is 0 Å². The average Bonchev–Trinajstić information content (AvgIpc) is 3.07. The molecule has 1 N–H and O–H groups in total. The smallest absolute Gasteiger partial charge is 0.414 e. The molecule has 2 heterocycles. The molecular formula is C19H13ClFN3O3. The summed E-state index contributed by atoms with van der Waals surface area (Å²) < 4.78 is 18.2. The van der Waals surface area contributed by atoms with Crippen molar-refractivity contribution in [2.45, 2.75) is 0 Å². The van der Waals surface area contributed by atoms with E-state index >= 15 is 0 Å². The van der Waals surface area contributed by atoms with Crippen molar-refractivity contribution in [1.29, 1.82) is 0 Å². The van der Waals surface area contributed by atoms with Gasteiger partial charge in [-0.3, -0.25) is 9.69 Å². The zero-order valence-electron chi connectivity index (χ0n) is 13.9. The van der Waals surface area contributed by atoms with Crippen molar-refractivity contribution >= 4 is 45.9 Å². The zero-order chi connectivity index (χ0) is 19.0. The van der Waals surface area contributed by atoms with Gasteiger partial charge in [-0.1, -0.05) is 11.6 Å². The zero-order valence-corrected chi connectivity index (χ0v) is 14.7. The highest BCUT2D eigenvalue weighted by Crippen LogP contribution is 2.24. The van der Waals surface area contributed by atoms with Crippen molar-refractivity contribution in [3.05, 3.63) is 65.1 Å². The van der Waals surface area contributed by atoms with Crippen LogP contribution in [0.3, 0.4) is 0 Å². The van der Waals surface area contributed by atoms with E-state index in [2.05, 4.69) is 10.3 Å². The van der Waals surface area contributed by atoms with E-state index in [1.165, 1.54) is 23.1 Å². The Morgan fingerprint density at radius 2 is 1.96 bits per heavy atom. The lowest BCUT2D eigenvalue weighted by molar-refractivity contribution is 0.102. The first-order valence-electron chi connectivity index (χ1n) is 8.13. The molecule has 1 aromatic heterocycles. The number of pyridine rings is 1. The Labute approximate surface area is 158 Å². The number of carbonyl (C=O) groups is 2. The molecule has 1 aliphatic rings. The summed E-state index contributed by atoms with van der Waals surface area (Å²) in [6.45, 7) is 0.845. The van der Waals surface area contributed by atoms with E-state index in [9.17, 15) is 14.0 Å². The number of rotatable bonds is 3. The molecule has 3 aromatic rings. The van der Waals surface area contributed by atoms with Crippen LogP contribution >= 0.6 is 11.6 Å². The van der Waals surface area contributed by atoms with Gasteiger partial charge in [0.2, 0.25) is 0 Å². The number of fused-ring (bicyclic) bond motifs is 1. The van der Waals surface area contributed by atoms with E-state index in [4.69, 9.17) is 16.3 Å². The monoisotopic (exact) mass is 385 g/mol. The van der Waals surface area contributed by atoms with Gasteiger partial charge in [0.05, 0.1) is 17.6 Å². The summed E-state index contributed by atoms with van der Waals surface area (Å²) in [6.07, 6.45) is -0.391. The summed E-state index contributed by atoms with van der Waals surface area (Å²) in [7, 11) is 0. The third-order valence-corrected chi connectivity index (χ3v) is 4.46. The number of ether oxygens (including phenoxy) is 1. The Kier molecular flexibility index (Phi) is 4.37. The molecule has 6 nitrogen and oxygen atoms in total. The van der Waals surface area contributed by atoms with Gasteiger partial charge in [-0.2, -0.15) is 0 Å². The first-order valence-corrected chi connectivity index (χ1v) is 8.50. The van der Waals surface area contributed by atoms with Crippen LogP contribution in [0.4, 0.5) is 20.6 Å². The van der Waals surface area contributed by atoms with Crippen molar-refractivity contribution < 1.29 is 18.7 Å². The van der Waals surface area contributed by atoms with Gasteiger partial charge < -0.3 is 10.1 Å². The number of carbonyl (C=O) groups excluding carboxylic acids is 2. The molecule has 0 unspecified atom stereocenters. The second-order valence-electron chi connectivity index (χ2n) is 5.93. The van der Waals surface area contributed by atoms with Gasteiger partial charge in [0.1, 0.15) is 17.6 Å². The van der Waals surface area contributed by atoms with E-state index in [1.54, 1.807) is 30.3 Å². The minimum Gasteiger partial charge on any atom is -0.447 e. The predicted molar refractivity (Wildman–Crippen MR) is 99.8 cm³/mol. The van der Waals surface area contributed by atoms with Gasteiger partial charge in [-0.05, 0) is 42.5 Å². The summed E-state index contributed by atoms with van der Waals surface area (Å²) in [5.74, 6) is -0.864. The largest absolute Gasteiger partial charge is 0.447 e. The highest BCUT2D eigenvalue weighted by atomic mass is 35.5. The molecule has 0 bridgehead atoms. The summed E-state index contributed by atoms with van der Waals surface area (Å²) >= 11 is 6.09. The number of nitrogens with one attached hydrogen (secondary N) is 1. The van der Waals surface area contributed by atoms with Crippen molar-refractivity contribution in [3.63, 3.8) is 0 Å². The normalized spacial score (nSPS) is 13.7. The third-order valence-electron chi connectivity index (χ3n) is 4.18. The van der Waals surface area contributed by atoms with Crippen molar-refractivity contribution in [2.75, 3.05) is 23.4 Å². The number of aromatic nitrogens is 1. The minimum absolute atomic E-state index is 0.0120. The molecule has 2 aromatic carbocycles. The van der Waals surface area contributed by atoms with Gasteiger partial charge in [-0.25, -0.2) is 14.2 Å². The molecule has 0 aliphatic carbocycles. The molecule has 1 aliphatic heterocycles. The lowest BCUT2D eigenvalue weighted by atomic mass is 10.1. The second-order valence-corrected chi connectivity index (χ2v) is 6.29. The lowest BCUT2D eigenvalue weighted by Crippen LogP contribution is -2.23. The maximum atomic E-state index is 13.3. The van der Waals surface area contributed by atoms with Crippen LogP contribution in [0, 0.1) is 5.82 Å². The van der Waals surface area contributed by atoms with Crippen LogP contribution in [0.25, 0.3) is 10.9 Å². The Bertz CT molecular complexity index is 1060. The van der Waals surface area contributed by atoms with Crippen LogP contribution in [0.1, 0.15) is 10.4 Å². The first kappa shape index (κ1) is 17.2. The average molecular weight is 386 g/mol.